The number of ether oxygens (including phenoxy) is 2. The number of nitrogens with zero attached hydrogens (tertiary/aromatic N) is 2. The van der Waals surface area contributed by atoms with Gasteiger partial charge in [0.25, 0.3) is 5.22 Å². The first-order valence-electron chi connectivity index (χ1n) is 8.63. The molecular formula is C20H22N2O3S. The minimum Gasteiger partial charge on any atom is -0.494 e. The summed E-state index contributed by atoms with van der Waals surface area (Å²) in [4.78, 5) is 0. The van der Waals surface area contributed by atoms with Gasteiger partial charge in [0.2, 0.25) is 5.89 Å². The molecule has 0 saturated heterocycles. The molecule has 6 heteroatoms. The van der Waals surface area contributed by atoms with Crippen molar-refractivity contribution in [1.29, 1.82) is 0 Å². The molecule has 5 nitrogen and oxygen atoms in total. The van der Waals surface area contributed by atoms with E-state index in [1.54, 1.807) is 0 Å². The van der Waals surface area contributed by atoms with Crippen LogP contribution in [0.2, 0.25) is 0 Å². The Labute approximate surface area is 157 Å². The molecule has 3 rings (SSSR count). The van der Waals surface area contributed by atoms with Gasteiger partial charge >= 0.3 is 0 Å². The molecule has 1 aromatic heterocycles. The molecule has 0 radical (unpaired) electrons. The topological polar surface area (TPSA) is 57.4 Å². The maximum atomic E-state index is 5.73. The fourth-order valence-corrected chi connectivity index (χ4v) is 2.80. The van der Waals surface area contributed by atoms with Crippen LogP contribution in [-0.4, -0.2) is 29.2 Å². The van der Waals surface area contributed by atoms with Gasteiger partial charge in [0.15, 0.2) is 0 Å². The highest BCUT2D eigenvalue weighted by atomic mass is 32.2. The average Bonchev–Trinajstić information content (AvgIpc) is 3.14. The van der Waals surface area contributed by atoms with E-state index in [-0.39, 0.29) is 0 Å². The van der Waals surface area contributed by atoms with Crippen molar-refractivity contribution in [3.63, 3.8) is 0 Å². The predicted octanol–water partition coefficient (Wildman–Crippen LogP) is 5.00. The van der Waals surface area contributed by atoms with Crippen molar-refractivity contribution in [2.75, 3.05) is 19.0 Å². The molecule has 0 aliphatic rings. The number of hydrogen-bond donors (Lipinski definition) is 0. The van der Waals surface area contributed by atoms with E-state index < -0.39 is 0 Å². The number of benzene rings is 2. The van der Waals surface area contributed by atoms with Crippen LogP contribution in [0.25, 0.3) is 11.5 Å². The molecule has 3 aromatic rings. The molecule has 2 aromatic carbocycles. The zero-order chi connectivity index (χ0) is 18.2. The fourth-order valence-electron chi connectivity index (χ4n) is 2.22. The zero-order valence-electron chi connectivity index (χ0n) is 15.0. The maximum absolute atomic E-state index is 5.73. The smallest absolute Gasteiger partial charge is 0.276 e. The summed E-state index contributed by atoms with van der Waals surface area (Å²) in [5.41, 5.74) is 2.13. The van der Waals surface area contributed by atoms with E-state index in [9.17, 15) is 0 Å². The quantitative estimate of drug-likeness (QED) is 0.390. The van der Waals surface area contributed by atoms with Crippen molar-refractivity contribution < 1.29 is 13.9 Å². The fraction of sp³-hybridized carbons (Fsp3) is 0.300. The molecule has 0 aliphatic heterocycles. The summed E-state index contributed by atoms with van der Waals surface area (Å²) >= 11 is 1.48. The Kier molecular flexibility index (Phi) is 6.55. The molecule has 1 heterocycles. The van der Waals surface area contributed by atoms with E-state index in [1.807, 2.05) is 55.5 Å². The summed E-state index contributed by atoms with van der Waals surface area (Å²) < 4.78 is 17.0. The number of rotatable bonds is 9. The van der Waals surface area contributed by atoms with Gasteiger partial charge in [-0.15, -0.1) is 10.2 Å². The second kappa shape index (κ2) is 9.29. The van der Waals surface area contributed by atoms with Crippen molar-refractivity contribution in [3.05, 3.63) is 54.1 Å². The summed E-state index contributed by atoms with van der Waals surface area (Å²) in [5, 5.41) is 8.72. The predicted molar refractivity (Wildman–Crippen MR) is 103 cm³/mol. The van der Waals surface area contributed by atoms with Crippen molar-refractivity contribution in [2.24, 2.45) is 0 Å². The second-order valence-corrected chi connectivity index (χ2v) is 6.80. The Balaban J connectivity index is 1.43. The van der Waals surface area contributed by atoms with Crippen LogP contribution in [-0.2, 0) is 0 Å². The lowest BCUT2D eigenvalue weighted by atomic mass is 10.1. The molecule has 0 fully saturated rings. The Morgan fingerprint density at radius 1 is 0.885 bits per heavy atom. The Morgan fingerprint density at radius 2 is 1.54 bits per heavy atom. The number of hydrogen-bond acceptors (Lipinski definition) is 6. The number of thioether (sulfide) groups is 1. The third kappa shape index (κ3) is 5.26. The van der Waals surface area contributed by atoms with E-state index in [4.69, 9.17) is 13.9 Å². The van der Waals surface area contributed by atoms with Crippen LogP contribution in [0.15, 0.2) is 58.2 Å². The van der Waals surface area contributed by atoms with Crippen molar-refractivity contribution in [1.82, 2.24) is 10.2 Å². The summed E-state index contributed by atoms with van der Waals surface area (Å²) in [5.74, 6) is 2.95. The van der Waals surface area contributed by atoms with E-state index in [0.29, 0.717) is 17.7 Å². The highest BCUT2D eigenvalue weighted by molar-refractivity contribution is 7.99. The molecule has 136 valence electrons. The van der Waals surface area contributed by atoms with E-state index in [1.165, 1.54) is 17.3 Å². The molecule has 0 bridgehead atoms. The molecule has 0 saturated carbocycles. The molecule has 0 atom stereocenters. The minimum absolute atomic E-state index is 0.538. The molecule has 0 amide bonds. The maximum Gasteiger partial charge on any atom is 0.276 e. The molecule has 0 spiro atoms. The lowest BCUT2D eigenvalue weighted by molar-refractivity contribution is 0.314. The molecule has 0 aliphatic carbocycles. The van der Waals surface area contributed by atoms with Crippen LogP contribution in [0.3, 0.4) is 0 Å². The normalized spacial score (nSPS) is 10.7. The van der Waals surface area contributed by atoms with Gasteiger partial charge in [-0.1, -0.05) is 36.4 Å². The molecule has 0 unspecified atom stereocenters. The molecular weight excluding hydrogens is 348 g/mol. The van der Waals surface area contributed by atoms with Crippen LogP contribution < -0.4 is 9.47 Å². The lowest BCUT2D eigenvalue weighted by Gasteiger charge is -2.07. The van der Waals surface area contributed by atoms with Gasteiger partial charge in [-0.05, 0) is 49.7 Å². The van der Waals surface area contributed by atoms with Crippen LogP contribution in [0.1, 0.15) is 18.9 Å². The van der Waals surface area contributed by atoms with Gasteiger partial charge in [0.1, 0.15) is 11.5 Å². The van der Waals surface area contributed by atoms with Gasteiger partial charge < -0.3 is 13.9 Å². The Morgan fingerprint density at radius 3 is 2.19 bits per heavy atom. The Hall–Kier alpha value is -2.47. The van der Waals surface area contributed by atoms with Gasteiger partial charge in [0, 0.05) is 11.3 Å². The van der Waals surface area contributed by atoms with Gasteiger partial charge in [-0.3, -0.25) is 0 Å². The zero-order valence-corrected chi connectivity index (χ0v) is 15.8. The van der Waals surface area contributed by atoms with Crippen LogP contribution in [0.5, 0.6) is 11.5 Å². The average molecular weight is 370 g/mol. The van der Waals surface area contributed by atoms with Gasteiger partial charge in [0.05, 0.1) is 13.2 Å². The largest absolute Gasteiger partial charge is 0.494 e. The Bertz CT molecular complexity index is 801. The van der Waals surface area contributed by atoms with Gasteiger partial charge in [-0.25, -0.2) is 0 Å². The first-order valence-corrected chi connectivity index (χ1v) is 9.62. The van der Waals surface area contributed by atoms with Gasteiger partial charge in [-0.2, -0.15) is 0 Å². The highest BCUT2D eigenvalue weighted by Crippen LogP contribution is 2.24. The first kappa shape index (κ1) is 18.3. The lowest BCUT2D eigenvalue weighted by Crippen LogP contribution is -2.00. The van der Waals surface area contributed by atoms with Crippen molar-refractivity contribution in [3.8, 4) is 23.0 Å². The van der Waals surface area contributed by atoms with Crippen molar-refractivity contribution in [2.45, 2.75) is 25.5 Å². The SMILES string of the molecule is CCCOc1ccc(OCCSc2nnc(-c3ccc(C)cc3)o2)cc1. The van der Waals surface area contributed by atoms with E-state index in [0.717, 1.165) is 35.8 Å². The molecule has 26 heavy (non-hydrogen) atoms. The number of aryl methyl sites for hydroxylation is 1. The summed E-state index contributed by atoms with van der Waals surface area (Å²) in [6.07, 6.45) is 0.997. The summed E-state index contributed by atoms with van der Waals surface area (Å²) in [6, 6.07) is 15.7. The van der Waals surface area contributed by atoms with Crippen LogP contribution in [0.4, 0.5) is 0 Å². The highest BCUT2D eigenvalue weighted by Gasteiger charge is 2.08. The van der Waals surface area contributed by atoms with E-state index in [2.05, 4.69) is 17.1 Å². The third-order valence-corrected chi connectivity index (χ3v) is 4.36. The van der Waals surface area contributed by atoms with E-state index >= 15 is 0 Å². The second-order valence-electron chi connectivity index (χ2n) is 5.76. The monoisotopic (exact) mass is 370 g/mol. The molecule has 0 N–H and O–H groups in total. The minimum atomic E-state index is 0.538. The third-order valence-electron chi connectivity index (χ3n) is 3.58. The van der Waals surface area contributed by atoms with Crippen molar-refractivity contribution >= 4 is 11.8 Å². The standard InChI is InChI=1S/C20H22N2O3S/c1-3-12-23-17-8-10-18(11-9-17)24-13-14-26-20-22-21-19(25-20)16-6-4-15(2)5-7-16/h4-11H,3,12-14H2,1-2H3. The summed E-state index contributed by atoms with van der Waals surface area (Å²) in [7, 11) is 0. The van der Waals surface area contributed by atoms with Crippen LogP contribution >= 0.6 is 11.8 Å². The van der Waals surface area contributed by atoms with Crippen LogP contribution in [0, 0.1) is 6.92 Å². The number of aromatic nitrogens is 2. The first-order chi connectivity index (χ1) is 12.7. The summed E-state index contributed by atoms with van der Waals surface area (Å²) in [6.45, 7) is 5.42.